The van der Waals surface area contributed by atoms with E-state index >= 15 is 0 Å². The molecular formula is C16H15N. The van der Waals surface area contributed by atoms with Crippen molar-refractivity contribution in [2.24, 2.45) is 0 Å². The minimum atomic E-state index is 1.05. The van der Waals surface area contributed by atoms with Gasteiger partial charge in [-0.3, -0.25) is 0 Å². The van der Waals surface area contributed by atoms with Gasteiger partial charge in [-0.15, -0.1) is 0 Å². The fraction of sp³-hybridized carbons (Fsp3) is 0. The summed E-state index contributed by atoms with van der Waals surface area (Å²) in [6.07, 6.45) is 3.68. The second kappa shape index (κ2) is 5.17. The second-order valence-corrected chi connectivity index (χ2v) is 3.74. The molecule has 84 valence electrons. The van der Waals surface area contributed by atoms with Crippen LogP contribution in [0.1, 0.15) is 11.1 Å². The van der Waals surface area contributed by atoms with E-state index < -0.39 is 0 Å². The van der Waals surface area contributed by atoms with Crippen LogP contribution in [0.3, 0.4) is 0 Å². The standard InChI is InChI=1S/C16H15N/c1-3-13-10-11-16(12-14(13)4-2)17-15-8-6-5-7-9-15/h3-12,17H,1-2H2. The molecule has 0 fully saturated rings. The molecule has 0 aliphatic heterocycles. The highest BCUT2D eigenvalue weighted by atomic mass is 14.9. The van der Waals surface area contributed by atoms with Crippen LogP contribution in [0.25, 0.3) is 12.2 Å². The zero-order chi connectivity index (χ0) is 12.1. The number of nitrogens with one attached hydrogen (secondary N) is 1. The molecule has 0 atom stereocenters. The molecule has 2 rings (SSSR count). The maximum absolute atomic E-state index is 3.81. The van der Waals surface area contributed by atoms with Gasteiger partial charge in [0.05, 0.1) is 0 Å². The molecule has 0 heterocycles. The molecule has 0 saturated carbocycles. The number of benzene rings is 2. The highest BCUT2D eigenvalue weighted by Crippen LogP contribution is 2.21. The molecule has 0 saturated heterocycles. The summed E-state index contributed by atoms with van der Waals surface area (Å²) >= 11 is 0. The summed E-state index contributed by atoms with van der Waals surface area (Å²) in [5.74, 6) is 0. The van der Waals surface area contributed by atoms with Crippen molar-refractivity contribution in [1.29, 1.82) is 0 Å². The van der Waals surface area contributed by atoms with Gasteiger partial charge in [0.1, 0.15) is 0 Å². The Morgan fingerprint density at radius 1 is 0.765 bits per heavy atom. The second-order valence-electron chi connectivity index (χ2n) is 3.74. The Morgan fingerprint density at radius 3 is 2.12 bits per heavy atom. The molecule has 0 spiro atoms. The third-order valence-electron chi connectivity index (χ3n) is 2.59. The molecule has 0 aliphatic carbocycles. The first kappa shape index (κ1) is 11.2. The Balaban J connectivity index is 2.28. The van der Waals surface area contributed by atoms with Crippen molar-refractivity contribution in [3.8, 4) is 0 Å². The van der Waals surface area contributed by atoms with Crippen molar-refractivity contribution in [2.45, 2.75) is 0 Å². The van der Waals surface area contributed by atoms with Gasteiger partial charge < -0.3 is 5.32 Å². The van der Waals surface area contributed by atoms with E-state index in [4.69, 9.17) is 0 Å². The molecule has 2 aromatic rings. The van der Waals surface area contributed by atoms with Crippen LogP contribution in [0.5, 0.6) is 0 Å². The first-order valence-corrected chi connectivity index (χ1v) is 5.54. The van der Waals surface area contributed by atoms with Gasteiger partial charge in [-0.2, -0.15) is 0 Å². The van der Waals surface area contributed by atoms with Crippen LogP contribution in [-0.4, -0.2) is 0 Å². The minimum Gasteiger partial charge on any atom is -0.356 e. The Kier molecular flexibility index (Phi) is 3.41. The Morgan fingerprint density at radius 2 is 1.47 bits per heavy atom. The van der Waals surface area contributed by atoms with Gasteiger partial charge in [-0.05, 0) is 35.4 Å². The van der Waals surface area contributed by atoms with E-state index in [-0.39, 0.29) is 0 Å². The molecule has 0 bridgehead atoms. The minimum absolute atomic E-state index is 1.05. The average Bonchev–Trinajstić information content (AvgIpc) is 2.40. The smallest absolute Gasteiger partial charge is 0.0390 e. The third kappa shape index (κ3) is 2.64. The molecule has 1 heteroatoms. The normalized spacial score (nSPS) is 9.65. The largest absolute Gasteiger partial charge is 0.356 e. The van der Waals surface area contributed by atoms with Crippen LogP contribution in [0.15, 0.2) is 61.7 Å². The summed E-state index contributed by atoms with van der Waals surface area (Å²) in [6.45, 7) is 7.60. The van der Waals surface area contributed by atoms with Crippen LogP contribution < -0.4 is 5.32 Å². The summed E-state index contributed by atoms with van der Waals surface area (Å²) in [5, 5.41) is 3.35. The predicted molar refractivity (Wildman–Crippen MR) is 76.3 cm³/mol. The molecule has 0 amide bonds. The monoisotopic (exact) mass is 221 g/mol. The van der Waals surface area contributed by atoms with Crippen molar-refractivity contribution in [3.05, 3.63) is 72.8 Å². The quantitative estimate of drug-likeness (QED) is 0.788. The molecule has 0 aliphatic rings. The fourth-order valence-electron chi connectivity index (χ4n) is 1.70. The van der Waals surface area contributed by atoms with Gasteiger partial charge in [0.15, 0.2) is 0 Å². The Labute approximate surface area is 102 Å². The average molecular weight is 221 g/mol. The maximum atomic E-state index is 3.81. The van der Waals surface area contributed by atoms with E-state index in [1.807, 2.05) is 54.6 Å². The Hall–Kier alpha value is -2.28. The Bertz CT molecular complexity index is 526. The van der Waals surface area contributed by atoms with Crippen LogP contribution in [-0.2, 0) is 0 Å². The topological polar surface area (TPSA) is 12.0 Å². The molecule has 0 radical (unpaired) electrons. The van der Waals surface area contributed by atoms with E-state index in [1.165, 1.54) is 0 Å². The number of hydrogen-bond donors (Lipinski definition) is 1. The summed E-state index contributed by atoms with van der Waals surface area (Å²) in [6, 6.07) is 16.2. The van der Waals surface area contributed by atoms with E-state index in [9.17, 15) is 0 Å². The molecular weight excluding hydrogens is 206 g/mol. The van der Waals surface area contributed by atoms with Crippen molar-refractivity contribution in [2.75, 3.05) is 5.32 Å². The van der Waals surface area contributed by atoms with Gasteiger partial charge in [0, 0.05) is 11.4 Å². The lowest BCUT2D eigenvalue weighted by Crippen LogP contribution is -1.91. The van der Waals surface area contributed by atoms with Gasteiger partial charge in [0.2, 0.25) is 0 Å². The molecule has 2 aromatic carbocycles. The first-order valence-electron chi connectivity index (χ1n) is 5.54. The molecule has 1 N–H and O–H groups in total. The van der Waals surface area contributed by atoms with Crippen molar-refractivity contribution < 1.29 is 0 Å². The van der Waals surface area contributed by atoms with Crippen molar-refractivity contribution in [1.82, 2.24) is 0 Å². The lowest BCUT2D eigenvalue weighted by molar-refractivity contribution is 1.53. The van der Waals surface area contributed by atoms with Crippen molar-refractivity contribution in [3.63, 3.8) is 0 Å². The summed E-state index contributed by atoms with van der Waals surface area (Å²) in [5.41, 5.74) is 4.31. The van der Waals surface area contributed by atoms with Crippen molar-refractivity contribution >= 4 is 23.5 Å². The molecule has 17 heavy (non-hydrogen) atoms. The van der Waals surface area contributed by atoms with Crippen LogP contribution in [0.4, 0.5) is 11.4 Å². The van der Waals surface area contributed by atoms with Gasteiger partial charge in [-0.1, -0.05) is 49.6 Å². The van der Waals surface area contributed by atoms with Gasteiger partial charge >= 0.3 is 0 Å². The van der Waals surface area contributed by atoms with E-state index in [1.54, 1.807) is 0 Å². The van der Waals surface area contributed by atoms with E-state index in [0.29, 0.717) is 0 Å². The fourth-order valence-corrected chi connectivity index (χ4v) is 1.70. The third-order valence-corrected chi connectivity index (χ3v) is 2.59. The highest BCUT2D eigenvalue weighted by Gasteiger charge is 1.98. The predicted octanol–water partition coefficient (Wildman–Crippen LogP) is 4.72. The zero-order valence-electron chi connectivity index (χ0n) is 9.69. The highest BCUT2D eigenvalue weighted by molar-refractivity contribution is 5.70. The lowest BCUT2D eigenvalue weighted by atomic mass is 10.1. The summed E-state index contributed by atoms with van der Waals surface area (Å²) < 4.78 is 0. The van der Waals surface area contributed by atoms with E-state index in [2.05, 4.69) is 24.5 Å². The van der Waals surface area contributed by atoms with Gasteiger partial charge in [-0.25, -0.2) is 0 Å². The molecule has 0 aromatic heterocycles. The summed E-state index contributed by atoms with van der Waals surface area (Å²) in [4.78, 5) is 0. The van der Waals surface area contributed by atoms with E-state index in [0.717, 1.165) is 22.5 Å². The number of para-hydroxylation sites is 1. The maximum Gasteiger partial charge on any atom is 0.0390 e. The molecule has 0 unspecified atom stereocenters. The number of hydrogen-bond acceptors (Lipinski definition) is 1. The van der Waals surface area contributed by atoms with Crippen LogP contribution >= 0.6 is 0 Å². The van der Waals surface area contributed by atoms with Crippen LogP contribution in [0, 0.1) is 0 Å². The lowest BCUT2D eigenvalue weighted by Gasteiger charge is -2.08. The van der Waals surface area contributed by atoms with Gasteiger partial charge in [0.25, 0.3) is 0 Å². The first-order chi connectivity index (χ1) is 8.33. The SMILES string of the molecule is C=Cc1ccc(Nc2ccccc2)cc1C=C. The number of rotatable bonds is 4. The number of anilines is 2. The molecule has 1 nitrogen and oxygen atoms in total. The summed E-state index contributed by atoms with van der Waals surface area (Å²) in [7, 11) is 0. The van der Waals surface area contributed by atoms with Crippen LogP contribution in [0.2, 0.25) is 0 Å². The zero-order valence-corrected chi connectivity index (χ0v) is 9.69.